The van der Waals surface area contributed by atoms with Gasteiger partial charge in [-0.2, -0.15) is 0 Å². The molecule has 3 rings (SSSR count). The minimum absolute atomic E-state index is 0.0290. The molecular formula is C21H22FN3O2S. The molecule has 3 aromatic rings. The van der Waals surface area contributed by atoms with E-state index in [1.165, 1.54) is 23.9 Å². The number of halogens is 1. The van der Waals surface area contributed by atoms with Gasteiger partial charge in [-0.3, -0.25) is 4.72 Å². The van der Waals surface area contributed by atoms with Crippen LogP contribution < -0.4 is 10.0 Å². The average molecular weight is 399 g/mol. The van der Waals surface area contributed by atoms with Crippen molar-refractivity contribution in [2.24, 2.45) is 0 Å². The van der Waals surface area contributed by atoms with Crippen molar-refractivity contribution in [3.63, 3.8) is 0 Å². The van der Waals surface area contributed by atoms with Crippen LogP contribution in [0.4, 0.5) is 21.6 Å². The summed E-state index contributed by atoms with van der Waals surface area (Å²) in [5, 5.41) is 3.18. The van der Waals surface area contributed by atoms with E-state index in [0.29, 0.717) is 23.0 Å². The minimum Gasteiger partial charge on any atom is -0.340 e. The van der Waals surface area contributed by atoms with Crippen LogP contribution in [0.3, 0.4) is 0 Å². The van der Waals surface area contributed by atoms with Crippen LogP contribution in [0.15, 0.2) is 65.7 Å². The molecule has 0 bridgehead atoms. The van der Waals surface area contributed by atoms with Crippen LogP contribution in [0.2, 0.25) is 0 Å². The van der Waals surface area contributed by atoms with E-state index in [1.54, 1.807) is 19.1 Å². The molecule has 1 heterocycles. The number of rotatable bonds is 6. The summed E-state index contributed by atoms with van der Waals surface area (Å²) < 4.78 is 40.7. The van der Waals surface area contributed by atoms with Crippen LogP contribution in [-0.4, -0.2) is 13.4 Å². The smallest absolute Gasteiger partial charge is 0.262 e. The first-order valence-corrected chi connectivity index (χ1v) is 10.3. The van der Waals surface area contributed by atoms with E-state index in [0.717, 1.165) is 11.8 Å². The molecule has 0 fully saturated rings. The molecule has 0 atom stereocenters. The third-order valence-corrected chi connectivity index (χ3v) is 5.83. The lowest BCUT2D eigenvalue weighted by Crippen LogP contribution is -2.14. The second-order valence-electron chi connectivity index (χ2n) is 6.85. The summed E-state index contributed by atoms with van der Waals surface area (Å²) in [4.78, 5) is 4.28. The van der Waals surface area contributed by atoms with Gasteiger partial charge in [0.05, 0.1) is 16.8 Å². The van der Waals surface area contributed by atoms with Crippen molar-refractivity contribution in [3.05, 3.63) is 77.7 Å². The highest BCUT2D eigenvalue weighted by molar-refractivity contribution is 7.92. The highest BCUT2D eigenvalue weighted by atomic mass is 32.2. The largest absolute Gasteiger partial charge is 0.340 e. The van der Waals surface area contributed by atoms with Crippen LogP contribution in [0.5, 0.6) is 0 Å². The molecular weight excluding hydrogens is 377 g/mol. The third-order valence-electron chi connectivity index (χ3n) is 4.29. The van der Waals surface area contributed by atoms with Crippen molar-refractivity contribution in [1.82, 2.24) is 4.98 Å². The maximum atomic E-state index is 13.2. The molecule has 0 aliphatic carbocycles. The average Bonchev–Trinajstić information content (AvgIpc) is 2.63. The molecule has 0 spiro atoms. The van der Waals surface area contributed by atoms with Gasteiger partial charge >= 0.3 is 0 Å². The van der Waals surface area contributed by atoms with Crippen molar-refractivity contribution in [3.8, 4) is 0 Å². The normalized spacial score (nSPS) is 11.5. The first-order chi connectivity index (χ1) is 13.2. The Hall–Kier alpha value is -2.93. The Morgan fingerprint density at radius 2 is 1.64 bits per heavy atom. The van der Waals surface area contributed by atoms with Gasteiger partial charge in [0.1, 0.15) is 11.6 Å². The molecule has 7 heteroatoms. The molecule has 2 aromatic carbocycles. The fourth-order valence-electron chi connectivity index (χ4n) is 2.75. The fourth-order valence-corrected chi connectivity index (χ4v) is 4.02. The lowest BCUT2D eigenvalue weighted by Gasteiger charge is -2.11. The van der Waals surface area contributed by atoms with Gasteiger partial charge < -0.3 is 5.32 Å². The topological polar surface area (TPSA) is 71.1 Å². The maximum absolute atomic E-state index is 13.2. The van der Waals surface area contributed by atoms with E-state index >= 15 is 0 Å². The van der Waals surface area contributed by atoms with Gasteiger partial charge in [0.25, 0.3) is 10.0 Å². The number of aromatic nitrogens is 1. The van der Waals surface area contributed by atoms with Crippen LogP contribution >= 0.6 is 0 Å². The van der Waals surface area contributed by atoms with E-state index in [2.05, 4.69) is 41.0 Å². The molecule has 0 aliphatic heterocycles. The Labute approximate surface area is 164 Å². The van der Waals surface area contributed by atoms with Gasteiger partial charge in [0.2, 0.25) is 0 Å². The van der Waals surface area contributed by atoms with Gasteiger partial charge in [-0.15, -0.1) is 0 Å². The number of benzene rings is 2. The summed E-state index contributed by atoms with van der Waals surface area (Å²) in [7, 11) is -3.82. The molecule has 1 aromatic heterocycles. The summed E-state index contributed by atoms with van der Waals surface area (Å²) in [6.07, 6.45) is 1.43. The predicted molar refractivity (Wildman–Crippen MR) is 110 cm³/mol. The maximum Gasteiger partial charge on any atom is 0.262 e. The van der Waals surface area contributed by atoms with E-state index in [4.69, 9.17) is 0 Å². The van der Waals surface area contributed by atoms with Crippen LogP contribution in [0.25, 0.3) is 0 Å². The third kappa shape index (κ3) is 4.67. The van der Waals surface area contributed by atoms with Gasteiger partial charge in [0.15, 0.2) is 0 Å². The summed E-state index contributed by atoms with van der Waals surface area (Å²) in [6, 6.07) is 14.9. The van der Waals surface area contributed by atoms with Gasteiger partial charge in [-0.25, -0.2) is 17.8 Å². The molecule has 0 radical (unpaired) electrons. The Balaban J connectivity index is 1.71. The van der Waals surface area contributed by atoms with E-state index < -0.39 is 15.8 Å². The minimum atomic E-state index is -3.82. The van der Waals surface area contributed by atoms with Crippen molar-refractivity contribution < 1.29 is 12.8 Å². The monoisotopic (exact) mass is 399 g/mol. The highest BCUT2D eigenvalue weighted by Gasteiger charge is 2.17. The first kappa shape index (κ1) is 19.8. The lowest BCUT2D eigenvalue weighted by atomic mass is 10.0. The number of nitrogens with zero attached hydrogens (tertiary/aromatic N) is 1. The number of sulfonamides is 1. The van der Waals surface area contributed by atoms with E-state index in [1.807, 2.05) is 12.1 Å². The number of hydrogen-bond acceptors (Lipinski definition) is 4. The summed E-state index contributed by atoms with van der Waals surface area (Å²) in [5.41, 5.74) is 2.81. The standard InChI is InChI=1S/C21H22FN3O2S/c1-14(2)16-4-7-18(8-5-16)24-21-11-9-19(13-23-21)25-28(26,27)20-10-6-17(22)12-15(20)3/h4-14,25H,1-3H3,(H,23,24). The Kier molecular flexibility index (Phi) is 5.65. The molecule has 0 saturated carbocycles. The number of aryl methyl sites for hydroxylation is 1. The van der Waals surface area contributed by atoms with Crippen molar-refractivity contribution in [1.29, 1.82) is 0 Å². The number of pyridine rings is 1. The lowest BCUT2D eigenvalue weighted by molar-refractivity contribution is 0.598. The van der Waals surface area contributed by atoms with Crippen LogP contribution in [0.1, 0.15) is 30.9 Å². The number of anilines is 3. The number of hydrogen-bond donors (Lipinski definition) is 2. The molecule has 28 heavy (non-hydrogen) atoms. The zero-order valence-electron chi connectivity index (χ0n) is 15.9. The van der Waals surface area contributed by atoms with Crippen molar-refractivity contribution >= 4 is 27.2 Å². The molecule has 5 nitrogen and oxygen atoms in total. The summed E-state index contributed by atoms with van der Waals surface area (Å²) >= 11 is 0. The predicted octanol–water partition coefficient (Wildman–Crippen LogP) is 5.20. The molecule has 0 aliphatic rings. The zero-order chi connectivity index (χ0) is 20.3. The summed E-state index contributed by atoms with van der Waals surface area (Å²) in [5.74, 6) is 0.581. The van der Waals surface area contributed by atoms with Crippen molar-refractivity contribution in [2.45, 2.75) is 31.6 Å². The Bertz CT molecular complexity index is 1060. The molecule has 0 saturated heterocycles. The molecule has 146 valence electrons. The second-order valence-corrected chi connectivity index (χ2v) is 8.50. The number of nitrogens with one attached hydrogen (secondary N) is 2. The highest BCUT2D eigenvalue weighted by Crippen LogP contribution is 2.22. The van der Waals surface area contributed by atoms with E-state index in [-0.39, 0.29) is 4.90 Å². The molecule has 0 unspecified atom stereocenters. The van der Waals surface area contributed by atoms with Crippen LogP contribution in [-0.2, 0) is 10.0 Å². The Morgan fingerprint density at radius 3 is 2.21 bits per heavy atom. The SMILES string of the molecule is Cc1cc(F)ccc1S(=O)(=O)Nc1ccc(Nc2ccc(C(C)C)cc2)nc1. The van der Waals surface area contributed by atoms with Gasteiger partial charge in [-0.05, 0) is 66.4 Å². The Morgan fingerprint density at radius 1 is 0.964 bits per heavy atom. The quantitative estimate of drug-likeness (QED) is 0.598. The molecule has 2 N–H and O–H groups in total. The van der Waals surface area contributed by atoms with E-state index in [9.17, 15) is 12.8 Å². The fraction of sp³-hybridized carbons (Fsp3) is 0.190. The summed E-state index contributed by atoms with van der Waals surface area (Å²) in [6.45, 7) is 5.82. The van der Waals surface area contributed by atoms with Gasteiger partial charge in [-0.1, -0.05) is 26.0 Å². The second kappa shape index (κ2) is 7.98. The van der Waals surface area contributed by atoms with Gasteiger partial charge in [0, 0.05) is 5.69 Å². The zero-order valence-corrected chi connectivity index (χ0v) is 16.7. The van der Waals surface area contributed by atoms with Crippen LogP contribution in [0, 0.1) is 12.7 Å². The first-order valence-electron chi connectivity index (χ1n) is 8.86. The molecule has 0 amide bonds. The van der Waals surface area contributed by atoms with Crippen molar-refractivity contribution in [2.75, 3.05) is 10.0 Å².